The highest BCUT2D eigenvalue weighted by molar-refractivity contribution is 6.30. The van der Waals surface area contributed by atoms with Crippen LogP contribution in [0.3, 0.4) is 0 Å². The molecule has 1 rings (SSSR count). The van der Waals surface area contributed by atoms with Crippen LogP contribution in [0.1, 0.15) is 20.8 Å². The Balaban J connectivity index is 2.51. The summed E-state index contributed by atoms with van der Waals surface area (Å²) >= 11 is 5.72. The number of hydrogen-bond acceptors (Lipinski definition) is 2. The van der Waals surface area contributed by atoms with Crippen LogP contribution in [-0.4, -0.2) is 12.4 Å². The normalized spacial score (nSPS) is 11.2. The van der Waals surface area contributed by atoms with Crippen LogP contribution in [0.4, 0.5) is 0 Å². The molecule has 0 N–H and O–H groups in total. The van der Waals surface area contributed by atoms with Gasteiger partial charge in [-0.1, -0.05) is 32.4 Å². The summed E-state index contributed by atoms with van der Waals surface area (Å²) in [5, 5.41) is 0.657. The van der Waals surface area contributed by atoms with E-state index in [0.29, 0.717) is 10.8 Å². The fourth-order valence-corrected chi connectivity index (χ4v) is 1.02. The molecule has 0 spiro atoms. The zero-order valence-electron chi connectivity index (χ0n) is 9.21. The van der Waals surface area contributed by atoms with E-state index in [4.69, 9.17) is 16.3 Å². The molecule has 0 aliphatic heterocycles. The molecule has 1 aromatic rings. The molecule has 3 heteroatoms. The minimum absolute atomic E-state index is 0.0810. The predicted molar refractivity (Wildman–Crippen MR) is 61.4 cm³/mol. The maximum absolute atomic E-state index is 11.6. The maximum atomic E-state index is 11.6. The lowest BCUT2D eigenvalue weighted by atomic mass is 9.91. The summed E-state index contributed by atoms with van der Waals surface area (Å²) in [4.78, 5) is 11.6. The Morgan fingerprint density at radius 3 is 2.27 bits per heavy atom. The summed E-state index contributed by atoms with van der Waals surface area (Å²) in [5.41, 5.74) is -0.355. The molecule has 1 aromatic carbocycles. The number of ketones is 1. The van der Waals surface area contributed by atoms with Crippen molar-refractivity contribution in [1.29, 1.82) is 0 Å². The van der Waals surface area contributed by atoms with E-state index in [9.17, 15) is 4.79 Å². The van der Waals surface area contributed by atoms with Crippen LogP contribution in [0.15, 0.2) is 24.3 Å². The SMILES string of the molecule is CC(C)(C)C(=O)COc1ccc(Cl)cc1. The Hall–Kier alpha value is -1.02. The second kappa shape index (κ2) is 4.67. The minimum Gasteiger partial charge on any atom is -0.486 e. The van der Waals surface area contributed by atoms with Crippen molar-refractivity contribution in [2.75, 3.05) is 6.61 Å². The topological polar surface area (TPSA) is 26.3 Å². The van der Waals surface area contributed by atoms with E-state index in [1.807, 2.05) is 20.8 Å². The van der Waals surface area contributed by atoms with Crippen molar-refractivity contribution in [2.45, 2.75) is 20.8 Å². The molecule has 0 fully saturated rings. The van der Waals surface area contributed by atoms with Gasteiger partial charge in [0, 0.05) is 10.4 Å². The molecule has 15 heavy (non-hydrogen) atoms. The molecule has 0 saturated carbocycles. The summed E-state index contributed by atoms with van der Waals surface area (Å²) in [5.74, 6) is 0.745. The van der Waals surface area contributed by atoms with Crippen LogP contribution in [0, 0.1) is 5.41 Å². The minimum atomic E-state index is -0.355. The number of Topliss-reactive ketones (excluding diaryl/α,β-unsaturated/α-hetero) is 1. The van der Waals surface area contributed by atoms with Gasteiger partial charge < -0.3 is 4.74 Å². The molecule has 0 aromatic heterocycles. The monoisotopic (exact) mass is 226 g/mol. The molecular formula is C12H15ClO2. The van der Waals surface area contributed by atoms with Crippen LogP contribution in [-0.2, 0) is 4.79 Å². The summed E-state index contributed by atoms with van der Waals surface area (Å²) in [6.07, 6.45) is 0. The Morgan fingerprint density at radius 1 is 1.27 bits per heavy atom. The average Bonchev–Trinajstić information content (AvgIpc) is 2.15. The Bertz CT molecular complexity index is 336. The van der Waals surface area contributed by atoms with E-state index in [2.05, 4.69) is 0 Å². The molecule has 0 aliphatic rings. The lowest BCUT2D eigenvalue weighted by molar-refractivity contribution is -0.128. The lowest BCUT2D eigenvalue weighted by Gasteiger charge is -2.16. The van der Waals surface area contributed by atoms with Gasteiger partial charge in [-0.3, -0.25) is 4.79 Å². The van der Waals surface area contributed by atoms with E-state index in [0.717, 1.165) is 0 Å². The van der Waals surface area contributed by atoms with E-state index >= 15 is 0 Å². The van der Waals surface area contributed by atoms with E-state index < -0.39 is 0 Å². The summed E-state index contributed by atoms with van der Waals surface area (Å²) in [6.45, 7) is 5.73. The van der Waals surface area contributed by atoms with Crippen LogP contribution < -0.4 is 4.74 Å². The Kier molecular flexibility index (Phi) is 3.75. The predicted octanol–water partition coefficient (Wildman–Crippen LogP) is 3.33. The standard InChI is InChI=1S/C12H15ClO2/c1-12(2,3)11(14)8-15-10-6-4-9(13)5-7-10/h4-7H,8H2,1-3H3. The van der Waals surface area contributed by atoms with Gasteiger partial charge in [0.1, 0.15) is 12.4 Å². The van der Waals surface area contributed by atoms with Gasteiger partial charge in [-0.15, -0.1) is 0 Å². The van der Waals surface area contributed by atoms with Crippen molar-refractivity contribution in [2.24, 2.45) is 5.41 Å². The highest BCUT2D eigenvalue weighted by Gasteiger charge is 2.21. The van der Waals surface area contributed by atoms with Crippen LogP contribution in [0.2, 0.25) is 5.02 Å². The van der Waals surface area contributed by atoms with Crippen LogP contribution in [0.25, 0.3) is 0 Å². The third-order valence-corrected chi connectivity index (χ3v) is 2.27. The van der Waals surface area contributed by atoms with Crippen molar-refractivity contribution in [3.8, 4) is 5.75 Å². The first kappa shape index (κ1) is 12.1. The van der Waals surface area contributed by atoms with Gasteiger partial charge in [0.25, 0.3) is 0 Å². The molecule has 0 unspecified atom stereocenters. The lowest BCUT2D eigenvalue weighted by Crippen LogP contribution is -2.26. The number of ether oxygens (including phenoxy) is 1. The molecular weight excluding hydrogens is 212 g/mol. The molecule has 0 heterocycles. The quantitative estimate of drug-likeness (QED) is 0.790. The summed E-state index contributed by atoms with van der Waals surface area (Å²) < 4.78 is 5.34. The molecule has 0 aliphatic carbocycles. The first-order chi connectivity index (χ1) is 6.89. The molecule has 82 valence electrons. The van der Waals surface area contributed by atoms with E-state index in [-0.39, 0.29) is 17.8 Å². The number of carbonyl (C=O) groups excluding carboxylic acids is 1. The first-order valence-electron chi connectivity index (χ1n) is 4.81. The first-order valence-corrected chi connectivity index (χ1v) is 5.19. The number of halogens is 1. The fraction of sp³-hybridized carbons (Fsp3) is 0.417. The second-order valence-electron chi connectivity index (χ2n) is 4.42. The highest BCUT2D eigenvalue weighted by atomic mass is 35.5. The second-order valence-corrected chi connectivity index (χ2v) is 4.85. The molecule has 2 nitrogen and oxygen atoms in total. The Labute approximate surface area is 95.2 Å². The third-order valence-electron chi connectivity index (χ3n) is 2.02. The van der Waals surface area contributed by atoms with Gasteiger partial charge in [-0.2, -0.15) is 0 Å². The smallest absolute Gasteiger partial charge is 0.175 e. The molecule has 0 amide bonds. The highest BCUT2D eigenvalue weighted by Crippen LogP contribution is 2.18. The van der Waals surface area contributed by atoms with Gasteiger partial charge in [-0.25, -0.2) is 0 Å². The van der Waals surface area contributed by atoms with Gasteiger partial charge in [-0.05, 0) is 24.3 Å². The zero-order chi connectivity index (χ0) is 11.5. The number of rotatable bonds is 3. The Morgan fingerprint density at radius 2 is 1.80 bits per heavy atom. The van der Waals surface area contributed by atoms with Gasteiger partial charge in [0.05, 0.1) is 0 Å². The number of hydrogen-bond donors (Lipinski definition) is 0. The number of benzene rings is 1. The van der Waals surface area contributed by atoms with Crippen LogP contribution >= 0.6 is 11.6 Å². The van der Waals surface area contributed by atoms with Gasteiger partial charge in [0.15, 0.2) is 5.78 Å². The summed E-state index contributed by atoms with van der Waals surface area (Å²) in [6, 6.07) is 6.97. The molecule has 0 saturated heterocycles. The maximum Gasteiger partial charge on any atom is 0.175 e. The van der Waals surface area contributed by atoms with E-state index in [1.54, 1.807) is 24.3 Å². The van der Waals surface area contributed by atoms with Crippen molar-refractivity contribution >= 4 is 17.4 Å². The van der Waals surface area contributed by atoms with Crippen molar-refractivity contribution in [3.05, 3.63) is 29.3 Å². The molecule has 0 atom stereocenters. The average molecular weight is 227 g/mol. The summed E-state index contributed by atoms with van der Waals surface area (Å²) in [7, 11) is 0. The van der Waals surface area contributed by atoms with E-state index in [1.165, 1.54) is 0 Å². The van der Waals surface area contributed by atoms with Gasteiger partial charge in [0.2, 0.25) is 0 Å². The van der Waals surface area contributed by atoms with Crippen molar-refractivity contribution in [3.63, 3.8) is 0 Å². The van der Waals surface area contributed by atoms with Crippen LogP contribution in [0.5, 0.6) is 5.75 Å². The largest absolute Gasteiger partial charge is 0.486 e. The molecule has 0 radical (unpaired) electrons. The number of carbonyl (C=O) groups is 1. The third kappa shape index (κ3) is 3.92. The zero-order valence-corrected chi connectivity index (χ0v) is 9.97. The molecule has 0 bridgehead atoms. The van der Waals surface area contributed by atoms with Crippen molar-refractivity contribution < 1.29 is 9.53 Å². The van der Waals surface area contributed by atoms with Crippen molar-refractivity contribution in [1.82, 2.24) is 0 Å². The van der Waals surface area contributed by atoms with Gasteiger partial charge >= 0.3 is 0 Å². The fourth-order valence-electron chi connectivity index (χ4n) is 0.896.